The zero-order valence-corrected chi connectivity index (χ0v) is 12.8. The van der Waals surface area contributed by atoms with Gasteiger partial charge in [0.25, 0.3) is 0 Å². The lowest BCUT2D eigenvalue weighted by molar-refractivity contribution is 0.0811. The summed E-state index contributed by atoms with van der Waals surface area (Å²) in [6, 6.07) is 8.82. The molecule has 2 nitrogen and oxygen atoms in total. The molecule has 1 fully saturated rings. The highest BCUT2D eigenvalue weighted by Gasteiger charge is 2.47. The first-order chi connectivity index (χ1) is 9.15. The van der Waals surface area contributed by atoms with Crippen LogP contribution in [-0.2, 0) is 0 Å². The molecule has 0 heterocycles. The van der Waals surface area contributed by atoms with Gasteiger partial charge in [0.2, 0.25) is 0 Å². The van der Waals surface area contributed by atoms with E-state index in [0.717, 1.165) is 19.3 Å². The average Bonchev–Trinajstić information content (AvgIpc) is 2.24. The number of hydrogen-bond donors (Lipinski definition) is 1. The van der Waals surface area contributed by atoms with Gasteiger partial charge in [0, 0.05) is 5.69 Å². The molecule has 1 aromatic carbocycles. The number of rotatable bonds is 2. The fourth-order valence-electron chi connectivity index (χ4n) is 4.15. The van der Waals surface area contributed by atoms with Gasteiger partial charge >= 0.3 is 0 Å². The summed E-state index contributed by atoms with van der Waals surface area (Å²) >= 11 is 0. The van der Waals surface area contributed by atoms with Crippen LogP contribution in [0.15, 0.2) is 24.3 Å². The lowest BCUT2D eigenvalue weighted by Crippen LogP contribution is -2.50. The molecule has 0 saturated heterocycles. The topological polar surface area (TPSA) is 35.8 Å². The van der Waals surface area contributed by atoms with Crippen LogP contribution in [0.2, 0.25) is 0 Å². The highest BCUT2D eigenvalue weighted by molar-refractivity contribution is 5.48. The minimum absolute atomic E-state index is 0.0950. The fourth-order valence-corrected chi connectivity index (χ4v) is 4.15. The molecule has 0 aromatic heterocycles. The Bertz CT molecular complexity index is 524. The molecule has 2 rings (SSSR count). The van der Waals surface area contributed by atoms with Gasteiger partial charge in [-0.25, -0.2) is 4.39 Å². The molecule has 1 aromatic rings. The fraction of sp³-hybridized carbons (Fsp3) is 0.588. The quantitative estimate of drug-likeness (QED) is 0.845. The summed E-state index contributed by atoms with van der Waals surface area (Å²) in [6.45, 7) is 8.81. The molecule has 3 heteroatoms. The van der Waals surface area contributed by atoms with Crippen LogP contribution in [0.25, 0.3) is 0 Å². The number of nitriles is 1. The Kier molecular flexibility index (Phi) is 3.54. The molecular formula is C17H23FN2. The summed E-state index contributed by atoms with van der Waals surface area (Å²) in [6.07, 6.45) is 2.64. The van der Waals surface area contributed by atoms with E-state index in [1.54, 1.807) is 6.07 Å². The van der Waals surface area contributed by atoms with Crippen LogP contribution in [0.3, 0.4) is 0 Å². The van der Waals surface area contributed by atoms with Crippen LogP contribution in [-0.4, -0.2) is 5.54 Å². The number of nitrogens with zero attached hydrogens (tertiary/aromatic N) is 1. The van der Waals surface area contributed by atoms with Gasteiger partial charge in [0.1, 0.15) is 11.4 Å². The lowest BCUT2D eigenvalue weighted by Gasteiger charge is -2.49. The first-order valence-corrected chi connectivity index (χ1v) is 7.11. The highest BCUT2D eigenvalue weighted by Crippen LogP contribution is 2.50. The third-order valence-electron chi connectivity index (χ3n) is 3.94. The SMILES string of the molecule is CC1(C)CC(C)(C)CC(C#N)(Nc2cccc(F)c2)C1. The van der Waals surface area contributed by atoms with E-state index >= 15 is 0 Å². The van der Waals surface area contributed by atoms with E-state index in [-0.39, 0.29) is 16.6 Å². The standard InChI is InChI=1S/C17H23FN2/c1-15(2)9-16(3,4)11-17(10-15,12-19)20-14-7-5-6-13(18)8-14/h5-8,20H,9-11H2,1-4H3. The minimum Gasteiger partial charge on any atom is -0.367 e. The van der Waals surface area contributed by atoms with Crippen LogP contribution in [0.1, 0.15) is 47.0 Å². The van der Waals surface area contributed by atoms with Crippen LogP contribution in [0, 0.1) is 28.0 Å². The molecule has 0 bridgehead atoms. The summed E-state index contributed by atoms with van der Waals surface area (Å²) in [5.74, 6) is -0.280. The van der Waals surface area contributed by atoms with Crippen molar-refractivity contribution in [3.63, 3.8) is 0 Å². The van der Waals surface area contributed by atoms with Crippen molar-refractivity contribution in [2.75, 3.05) is 5.32 Å². The van der Waals surface area contributed by atoms with E-state index in [1.807, 2.05) is 6.07 Å². The van der Waals surface area contributed by atoms with E-state index in [0.29, 0.717) is 5.69 Å². The number of anilines is 1. The van der Waals surface area contributed by atoms with Gasteiger partial charge in [-0.15, -0.1) is 0 Å². The molecule has 0 aliphatic heterocycles. The van der Waals surface area contributed by atoms with Crippen LogP contribution < -0.4 is 5.32 Å². The molecule has 1 N–H and O–H groups in total. The van der Waals surface area contributed by atoms with Gasteiger partial charge in [0.05, 0.1) is 6.07 Å². The average molecular weight is 274 g/mol. The molecule has 108 valence electrons. The van der Waals surface area contributed by atoms with E-state index in [4.69, 9.17) is 0 Å². The smallest absolute Gasteiger partial charge is 0.126 e. The van der Waals surface area contributed by atoms with Crippen LogP contribution >= 0.6 is 0 Å². The molecule has 1 saturated carbocycles. The maximum absolute atomic E-state index is 13.3. The Balaban J connectivity index is 2.32. The van der Waals surface area contributed by atoms with E-state index in [1.165, 1.54) is 12.1 Å². The predicted octanol–water partition coefficient (Wildman–Crippen LogP) is 4.74. The number of halogens is 1. The van der Waals surface area contributed by atoms with Crippen molar-refractivity contribution in [3.05, 3.63) is 30.1 Å². The highest BCUT2D eigenvalue weighted by atomic mass is 19.1. The second kappa shape index (κ2) is 4.77. The van der Waals surface area contributed by atoms with E-state index < -0.39 is 5.54 Å². The second-order valence-electron chi connectivity index (χ2n) is 7.69. The first-order valence-electron chi connectivity index (χ1n) is 7.11. The monoisotopic (exact) mass is 274 g/mol. The summed E-state index contributed by atoms with van der Waals surface area (Å²) in [4.78, 5) is 0. The number of nitrogens with one attached hydrogen (secondary N) is 1. The molecule has 0 atom stereocenters. The summed E-state index contributed by atoms with van der Waals surface area (Å²) in [5.41, 5.74) is 0.245. The summed E-state index contributed by atoms with van der Waals surface area (Å²) < 4.78 is 13.3. The molecule has 1 aliphatic carbocycles. The van der Waals surface area contributed by atoms with Crippen molar-refractivity contribution in [1.29, 1.82) is 5.26 Å². The van der Waals surface area contributed by atoms with Gasteiger partial charge < -0.3 is 5.32 Å². The molecular weight excluding hydrogens is 251 g/mol. The Morgan fingerprint density at radius 3 is 2.20 bits per heavy atom. The maximum atomic E-state index is 13.3. The summed E-state index contributed by atoms with van der Waals surface area (Å²) in [7, 11) is 0. The molecule has 1 aliphatic rings. The van der Waals surface area contributed by atoms with Crippen LogP contribution in [0.4, 0.5) is 10.1 Å². The number of hydrogen-bond acceptors (Lipinski definition) is 2. The Labute approximate surface area is 121 Å². The Morgan fingerprint density at radius 1 is 1.10 bits per heavy atom. The zero-order chi connectivity index (χ0) is 15.0. The van der Waals surface area contributed by atoms with Gasteiger partial charge in [-0.3, -0.25) is 0 Å². The molecule has 20 heavy (non-hydrogen) atoms. The zero-order valence-electron chi connectivity index (χ0n) is 12.8. The Hall–Kier alpha value is -1.56. The normalized spacial score (nSPS) is 22.8. The Morgan fingerprint density at radius 2 is 1.70 bits per heavy atom. The van der Waals surface area contributed by atoms with Gasteiger partial charge in [-0.05, 0) is 48.3 Å². The van der Waals surface area contributed by atoms with Crippen molar-refractivity contribution >= 4 is 5.69 Å². The molecule has 0 spiro atoms. The minimum atomic E-state index is -0.626. The van der Waals surface area contributed by atoms with Crippen molar-refractivity contribution in [2.45, 2.75) is 52.5 Å². The maximum Gasteiger partial charge on any atom is 0.126 e. The van der Waals surface area contributed by atoms with Gasteiger partial charge in [-0.2, -0.15) is 5.26 Å². The third kappa shape index (κ3) is 3.30. The first kappa shape index (κ1) is 14.8. The number of benzene rings is 1. The van der Waals surface area contributed by atoms with Gasteiger partial charge in [-0.1, -0.05) is 33.8 Å². The van der Waals surface area contributed by atoms with Crippen molar-refractivity contribution in [1.82, 2.24) is 0 Å². The van der Waals surface area contributed by atoms with Crippen molar-refractivity contribution in [2.24, 2.45) is 10.8 Å². The lowest BCUT2D eigenvalue weighted by atomic mass is 9.58. The largest absolute Gasteiger partial charge is 0.367 e. The van der Waals surface area contributed by atoms with Crippen molar-refractivity contribution in [3.8, 4) is 6.07 Å². The summed E-state index contributed by atoms with van der Waals surface area (Å²) in [5, 5.41) is 13.0. The molecule has 0 unspecified atom stereocenters. The second-order valence-corrected chi connectivity index (χ2v) is 7.69. The van der Waals surface area contributed by atoms with Gasteiger partial charge in [0.15, 0.2) is 0 Å². The third-order valence-corrected chi connectivity index (χ3v) is 3.94. The molecule has 0 amide bonds. The van der Waals surface area contributed by atoms with Crippen LogP contribution in [0.5, 0.6) is 0 Å². The van der Waals surface area contributed by atoms with Crippen molar-refractivity contribution < 1.29 is 4.39 Å². The van der Waals surface area contributed by atoms with E-state index in [9.17, 15) is 9.65 Å². The van der Waals surface area contributed by atoms with E-state index in [2.05, 4.69) is 39.1 Å². The molecule has 0 radical (unpaired) electrons. The predicted molar refractivity (Wildman–Crippen MR) is 79.8 cm³/mol.